The minimum absolute atomic E-state index is 0.168. The zero-order valence-electron chi connectivity index (χ0n) is 29.8. The second kappa shape index (κ2) is 17.8. The number of aliphatic hydroxyl groups is 5. The predicted molar refractivity (Wildman–Crippen MR) is 197 cm³/mol. The van der Waals surface area contributed by atoms with Crippen LogP contribution in [0.1, 0.15) is 68.1 Å². The number of rotatable bonds is 19. The number of aryl methyl sites for hydroxylation is 1. The summed E-state index contributed by atoms with van der Waals surface area (Å²) in [6, 6.07) is 16.6. The Morgan fingerprint density at radius 1 is 1.00 bits per heavy atom. The van der Waals surface area contributed by atoms with Crippen molar-refractivity contribution in [1.82, 2.24) is 9.88 Å². The zero-order chi connectivity index (χ0) is 36.7. The van der Waals surface area contributed by atoms with Gasteiger partial charge in [0.05, 0.1) is 24.9 Å². The summed E-state index contributed by atoms with van der Waals surface area (Å²) in [7, 11) is 0. The van der Waals surface area contributed by atoms with Crippen LogP contribution in [0.2, 0.25) is 0 Å². The van der Waals surface area contributed by atoms with Gasteiger partial charge in [-0.3, -0.25) is 9.78 Å². The molecule has 2 heterocycles. The number of benzene rings is 2. The minimum Gasteiger partial charge on any atom is -0.490 e. The molecular weight excluding hydrogens is 685 g/mol. The second-order valence-electron chi connectivity index (χ2n) is 14.2. The highest BCUT2D eigenvalue weighted by Crippen LogP contribution is 2.53. The first kappa shape index (κ1) is 38.6. The van der Waals surface area contributed by atoms with Gasteiger partial charge in [-0.05, 0) is 105 Å². The molecule has 3 aromatic rings. The molecule has 1 saturated heterocycles. The van der Waals surface area contributed by atoms with E-state index in [0.29, 0.717) is 51.7 Å². The second-order valence-corrected chi connectivity index (χ2v) is 15.4. The van der Waals surface area contributed by atoms with Gasteiger partial charge in [0.1, 0.15) is 24.1 Å². The fourth-order valence-corrected chi connectivity index (χ4v) is 7.72. The van der Waals surface area contributed by atoms with E-state index in [1.54, 1.807) is 16.7 Å². The molecule has 5 N–H and O–H groups in total. The molecule has 1 amide bonds. The number of thioether (sulfide) groups is 1. The smallest absolute Gasteiger partial charge is 0.254 e. The Labute approximate surface area is 309 Å². The number of carbonyl (C=O) groups excluding carboxylic acids is 1. The summed E-state index contributed by atoms with van der Waals surface area (Å²) in [6.45, 7) is 3.12. The van der Waals surface area contributed by atoms with E-state index >= 15 is 0 Å². The van der Waals surface area contributed by atoms with Crippen LogP contribution in [0.15, 0.2) is 65.8 Å². The average Bonchev–Trinajstić information content (AvgIpc) is 4.13. The van der Waals surface area contributed by atoms with Crippen molar-refractivity contribution in [2.24, 2.45) is 0 Å². The molecule has 2 saturated carbocycles. The molecule has 0 spiro atoms. The van der Waals surface area contributed by atoms with Gasteiger partial charge < -0.3 is 44.6 Å². The SMILES string of the molecule is Cc1ccc(SCCCCN(C(=O)C(O)C(O)C(O)C(O)CO)C2CCOCC2)cc1COC1(c2cnccc2-c2ccccc2OC2CC2)CC1. The van der Waals surface area contributed by atoms with Crippen LogP contribution in [0.5, 0.6) is 5.75 Å². The van der Waals surface area contributed by atoms with Crippen LogP contribution >= 0.6 is 11.8 Å². The average molecular weight is 737 g/mol. The fourth-order valence-electron chi connectivity index (χ4n) is 6.75. The first-order valence-corrected chi connectivity index (χ1v) is 19.5. The van der Waals surface area contributed by atoms with E-state index in [9.17, 15) is 25.2 Å². The van der Waals surface area contributed by atoms with Crippen molar-refractivity contribution in [2.75, 3.05) is 32.1 Å². The summed E-state index contributed by atoms with van der Waals surface area (Å²) in [5.74, 6) is 1.02. The molecule has 4 atom stereocenters. The number of nitrogens with zero attached hydrogens (tertiary/aromatic N) is 2. The molecule has 282 valence electrons. The molecule has 0 bridgehead atoms. The topological polar surface area (TPSA) is 162 Å². The number of unbranched alkanes of at least 4 members (excludes halogenated alkanes) is 1. The van der Waals surface area contributed by atoms with E-state index < -0.39 is 36.9 Å². The summed E-state index contributed by atoms with van der Waals surface area (Å²) < 4.78 is 18.5. The maximum atomic E-state index is 13.3. The highest BCUT2D eigenvalue weighted by atomic mass is 32.2. The lowest BCUT2D eigenvalue weighted by atomic mass is 9.96. The molecule has 0 radical (unpaired) electrons. The van der Waals surface area contributed by atoms with Crippen LogP contribution in [-0.2, 0) is 26.5 Å². The third-order valence-corrected chi connectivity index (χ3v) is 11.4. The molecule has 3 fully saturated rings. The summed E-state index contributed by atoms with van der Waals surface area (Å²) >= 11 is 1.74. The van der Waals surface area contributed by atoms with Gasteiger partial charge in [0, 0.05) is 54.2 Å². The highest BCUT2D eigenvalue weighted by molar-refractivity contribution is 7.99. The summed E-state index contributed by atoms with van der Waals surface area (Å²) in [4.78, 5) is 20.5. The Morgan fingerprint density at radius 2 is 1.77 bits per heavy atom. The van der Waals surface area contributed by atoms with Gasteiger partial charge in [0.25, 0.3) is 5.91 Å². The van der Waals surface area contributed by atoms with Gasteiger partial charge in [-0.2, -0.15) is 0 Å². The van der Waals surface area contributed by atoms with Crippen molar-refractivity contribution in [2.45, 2.75) is 112 Å². The van der Waals surface area contributed by atoms with Gasteiger partial charge in [0.15, 0.2) is 6.10 Å². The number of hydrogen-bond acceptors (Lipinski definition) is 11. The molecule has 12 heteroatoms. The van der Waals surface area contributed by atoms with Crippen molar-refractivity contribution >= 4 is 17.7 Å². The molecule has 1 aliphatic heterocycles. The van der Waals surface area contributed by atoms with Crippen molar-refractivity contribution in [1.29, 1.82) is 0 Å². The minimum atomic E-state index is -1.93. The zero-order valence-corrected chi connectivity index (χ0v) is 30.6. The number of para-hydroxylation sites is 1. The van der Waals surface area contributed by atoms with Gasteiger partial charge in [-0.1, -0.05) is 24.3 Å². The number of aromatic nitrogens is 1. The van der Waals surface area contributed by atoms with Crippen molar-refractivity contribution < 1.29 is 44.5 Å². The van der Waals surface area contributed by atoms with Crippen molar-refractivity contribution in [3.8, 4) is 16.9 Å². The third kappa shape index (κ3) is 9.53. The maximum Gasteiger partial charge on any atom is 0.254 e. The molecular formula is C40H52N2O9S. The van der Waals surface area contributed by atoms with Crippen LogP contribution in [0.4, 0.5) is 0 Å². The third-order valence-electron chi connectivity index (χ3n) is 10.3. The molecule has 3 aliphatic rings. The van der Waals surface area contributed by atoms with E-state index in [4.69, 9.17) is 19.3 Å². The van der Waals surface area contributed by atoms with Crippen LogP contribution in [0.3, 0.4) is 0 Å². The van der Waals surface area contributed by atoms with Crippen molar-refractivity contribution in [3.05, 3.63) is 77.6 Å². The number of pyridine rings is 1. The Hall–Kier alpha value is -3.07. The summed E-state index contributed by atoms with van der Waals surface area (Å²) in [5, 5.41) is 49.9. The number of hydrogen-bond donors (Lipinski definition) is 5. The van der Waals surface area contributed by atoms with E-state index in [0.717, 1.165) is 76.3 Å². The molecule has 2 aromatic carbocycles. The van der Waals surface area contributed by atoms with Gasteiger partial charge in [-0.15, -0.1) is 11.8 Å². The van der Waals surface area contributed by atoms with E-state index in [-0.39, 0.29) is 11.6 Å². The van der Waals surface area contributed by atoms with E-state index in [1.807, 2.05) is 30.6 Å². The molecule has 4 unspecified atom stereocenters. The van der Waals surface area contributed by atoms with E-state index in [1.165, 1.54) is 0 Å². The Bertz CT molecular complexity index is 1630. The molecule has 1 aromatic heterocycles. The summed E-state index contributed by atoms with van der Waals surface area (Å²) in [6.07, 6.45) is 3.42. The first-order valence-electron chi connectivity index (χ1n) is 18.5. The van der Waals surface area contributed by atoms with Crippen LogP contribution in [0.25, 0.3) is 11.1 Å². The van der Waals surface area contributed by atoms with Gasteiger partial charge in [-0.25, -0.2) is 0 Å². The number of amides is 1. The highest BCUT2D eigenvalue weighted by Gasteiger charge is 2.48. The molecule has 11 nitrogen and oxygen atoms in total. The van der Waals surface area contributed by atoms with E-state index in [2.05, 4.69) is 42.2 Å². The first-order chi connectivity index (χ1) is 25.2. The standard InChI is InChI=1S/C40H52N2O9S/c1-26-8-11-30(52-21-5-4-18-42(28-13-19-49-20-14-28)39(48)38(47)37(46)36(45)34(44)24-43)22-27(26)25-50-40(15-16-40)33-23-41-17-12-31(33)32-6-2-3-7-35(32)51-29-9-10-29/h2-3,6-8,11-12,17,22-23,28-29,34,36-38,43-47H,4-5,9-10,13-16,18-21,24-25H2,1H3. The maximum absolute atomic E-state index is 13.3. The molecule has 52 heavy (non-hydrogen) atoms. The Morgan fingerprint density at radius 3 is 2.50 bits per heavy atom. The fraction of sp³-hybridized carbons (Fsp3) is 0.550. The number of ether oxygens (including phenoxy) is 3. The quantitative estimate of drug-likeness (QED) is 0.0890. The lowest BCUT2D eigenvalue weighted by molar-refractivity contribution is -0.162. The number of carbonyl (C=O) groups is 1. The monoisotopic (exact) mass is 736 g/mol. The molecule has 6 rings (SSSR count). The van der Waals surface area contributed by atoms with Crippen LogP contribution in [-0.4, -0.2) is 110 Å². The van der Waals surface area contributed by atoms with Crippen LogP contribution < -0.4 is 4.74 Å². The lowest BCUT2D eigenvalue weighted by Crippen LogP contribution is -2.55. The molecule has 2 aliphatic carbocycles. The number of aliphatic hydroxyl groups excluding tert-OH is 5. The Balaban J connectivity index is 1.04. The normalized spacial score (nSPS) is 19.4. The van der Waals surface area contributed by atoms with Crippen LogP contribution in [0, 0.1) is 6.92 Å². The summed E-state index contributed by atoms with van der Waals surface area (Å²) in [5.41, 5.74) is 5.18. The van der Waals surface area contributed by atoms with Gasteiger partial charge in [0.2, 0.25) is 0 Å². The largest absolute Gasteiger partial charge is 0.490 e. The van der Waals surface area contributed by atoms with Gasteiger partial charge >= 0.3 is 0 Å². The Kier molecular flexibility index (Phi) is 13.3. The lowest BCUT2D eigenvalue weighted by Gasteiger charge is -2.37. The predicted octanol–water partition coefficient (Wildman–Crippen LogP) is 4.12. The van der Waals surface area contributed by atoms with Crippen molar-refractivity contribution in [3.63, 3.8) is 0 Å².